The van der Waals surface area contributed by atoms with Crippen molar-refractivity contribution in [3.63, 3.8) is 0 Å². The van der Waals surface area contributed by atoms with Gasteiger partial charge in [0.1, 0.15) is 0 Å². The average molecular weight is 283 g/mol. The molecular weight excluding hydrogens is 254 g/mol. The van der Waals surface area contributed by atoms with Gasteiger partial charge in [0.05, 0.1) is 0 Å². The number of carbonyl (C=O) groups excluding carboxylic acids is 2. The lowest BCUT2D eigenvalue weighted by Gasteiger charge is -2.19. The van der Waals surface area contributed by atoms with Gasteiger partial charge in [-0.15, -0.1) is 0 Å². The molecule has 0 aromatic heterocycles. The van der Waals surface area contributed by atoms with E-state index in [0.717, 1.165) is 25.7 Å². The number of rotatable bonds is 10. The molecule has 1 rings (SSSR count). The van der Waals surface area contributed by atoms with Gasteiger partial charge in [0, 0.05) is 25.4 Å². The van der Waals surface area contributed by atoms with Crippen LogP contribution in [0.2, 0.25) is 0 Å². The van der Waals surface area contributed by atoms with E-state index in [1.807, 2.05) is 0 Å². The molecule has 5 heteroatoms. The Morgan fingerprint density at radius 1 is 1.15 bits per heavy atom. The van der Waals surface area contributed by atoms with E-state index in [1.54, 1.807) is 0 Å². The van der Waals surface area contributed by atoms with Crippen molar-refractivity contribution in [2.75, 3.05) is 13.1 Å². The standard InChI is InChI=1S/C15H29N3O2/c1-11(2)12(7-9-16)3-6-14(19)17-10-8-15(20)18-13-4-5-13/h11-13H,3-10,16H2,1-2H3,(H,17,19)(H,18,20). The van der Waals surface area contributed by atoms with E-state index in [2.05, 4.69) is 24.5 Å². The van der Waals surface area contributed by atoms with Crippen LogP contribution in [0.15, 0.2) is 0 Å². The maximum atomic E-state index is 11.7. The first-order valence-corrected chi connectivity index (χ1v) is 7.79. The summed E-state index contributed by atoms with van der Waals surface area (Å²) in [6, 6.07) is 0.390. The van der Waals surface area contributed by atoms with E-state index in [-0.39, 0.29) is 11.8 Å². The molecule has 0 heterocycles. The Morgan fingerprint density at radius 2 is 1.85 bits per heavy atom. The summed E-state index contributed by atoms with van der Waals surface area (Å²) in [4.78, 5) is 23.2. The summed E-state index contributed by atoms with van der Waals surface area (Å²) in [5, 5.41) is 5.72. The highest BCUT2D eigenvalue weighted by Crippen LogP contribution is 2.20. The monoisotopic (exact) mass is 283 g/mol. The number of carbonyl (C=O) groups is 2. The highest BCUT2D eigenvalue weighted by molar-refractivity contribution is 5.79. The van der Waals surface area contributed by atoms with E-state index in [9.17, 15) is 9.59 Å². The van der Waals surface area contributed by atoms with Crippen molar-refractivity contribution in [2.45, 2.75) is 58.4 Å². The van der Waals surface area contributed by atoms with Crippen molar-refractivity contribution in [3.8, 4) is 0 Å². The number of hydrogen-bond acceptors (Lipinski definition) is 3. The van der Waals surface area contributed by atoms with Crippen LogP contribution in [-0.2, 0) is 9.59 Å². The van der Waals surface area contributed by atoms with Gasteiger partial charge in [-0.1, -0.05) is 13.8 Å². The molecule has 116 valence electrons. The molecular formula is C15H29N3O2. The molecule has 0 bridgehead atoms. The van der Waals surface area contributed by atoms with E-state index in [1.165, 1.54) is 0 Å². The van der Waals surface area contributed by atoms with Crippen LogP contribution in [0.5, 0.6) is 0 Å². The largest absolute Gasteiger partial charge is 0.356 e. The van der Waals surface area contributed by atoms with Crippen molar-refractivity contribution in [1.29, 1.82) is 0 Å². The fraction of sp³-hybridized carbons (Fsp3) is 0.867. The Hall–Kier alpha value is -1.10. The Balaban J connectivity index is 2.07. The topological polar surface area (TPSA) is 84.2 Å². The van der Waals surface area contributed by atoms with Gasteiger partial charge in [-0.2, -0.15) is 0 Å². The Labute approximate surface area is 122 Å². The lowest BCUT2D eigenvalue weighted by molar-refractivity contribution is -0.122. The first-order valence-electron chi connectivity index (χ1n) is 7.79. The quantitative estimate of drug-likeness (QED) is 0.563. The van der Waals surface area contributed by atoms with Crippen LogP contribution in [0.3, 0.4) is 0 Å². The third-order valence-electron chi connectivity index (χ3n) is 3.84. The number of hydrogen-bond donors (Lipinski definition) is 3. The molecule has 1 unspecified atom stereocenters. The molecule has 5 nitrogen and oxygen atoms in total. The number of nitrogens with two attached hydrogens (primary N) is 1. The van der Waals surface area contributed by atoms with Crippen LogP contribution < -0.4 is 16.4 Å². The van der Waals surface area contributed by atoms with Crippen LogP contribution in [0.4, 0.5) is 0 Å². The van der Waals surface area contributed by atoms with Crippen molar-refractivity contribution in [3.05, 3.63) is 0 Å². The van der Waals surface area contributed by atoms with Crippen LogP contribution in [0.1, 0.15) is 52.4 Å². The van der Waals surface area contributed by atoms with Gasteiger partial charge in [-0.3, -0.25) is 9.59 Å². The molecule has 0 aliphatic heterocycles. The van der Waals surface area contributed by atoms with Crippen LogP contribution >= 0.6 is 0 Å². The number of amides is 2. The maximum Gasteiger partial charge on any atom is 0.221 e. The van der Waals surface area contributed by atoms with Crippen LogP contribution in [-0.4, -0.2) is 30.9 Å². The summed E-state index contributed by atoms with van der Waals surface area (Å²) in [5.74, 6) is 1.13. The minimum Gasteiger partial charge on any atom is -0.356 e. The van der Waals surface area contributed by atoms with Gasteiger partial charge < -0.3 is 16.4 Å². The summed E-state index contributed by atoms with van der Waals surface area (Å²) in [6.07, 6.45) is 4.92. The molecule has 1 fully saturated rings. The highest BCUT2D eigenvalue weighted by atomic mass is 16.2. The minimum absolute atomic E-state index is 0.0342. The van der Waals surface area contributed by atoms with Gasteiger partial charge in [0.15, 0.2) is 0 Å². The second-order valence-corrected chi connectivity index (χ2v) is 6.06. The van der Waals surface area contributed by atoms with Crippen molar-refractivity contribution in [2.24, 2.45) is 17.6 Å². The Morgan fingerprint density at radius 3 is 2.40 bits per heavy atom. The lowest BCUT2D eigenvalue weighted by Crippen LogP contribution is -2.32. The van der Waals surface area contributed by atoms with Gasteiger partial charge in [-0.05, 0) is 44.1 Å². The summed E-state index contributed by atoms with van der Waals surface area (Å²) >= 11 is 0. The van der Waals surface area contributed by atoms with E-state index in [0.29, 0.717) is 43.8 Å². The lowest BCUT2D eigenvalue weighted by atomic mass is 9.88. The summed E-state index contributed by atoms with van der Waals surface area (Å²) < 4.78 is 0. The molecule has 4 N–H and O–H groups in total. The third-order valence-corrected chi connectivity index (χ3v) is 3.84. The summed E-state index contributed by atoms with van der Waals surface area (Å²) in [5.41, 5.74) is 5.59. The van der Waals surface area contributed by atoms with E-state index >= 15 is 0 Å². The third kappa shape index (κ3) is 7.48. The molecule has 0 saturated heterocycles. The van der Waals surface area contributed by atoms with E-state index < -0.39 is 0 Å². The second kappa shape index (κ2) is 8.95. The van der Waals surface area contributed by atoms with Gasteiger partial charge in [0.2, 0.25) is 11.8 Å². The fourth-order valence-corrected chi connectivity index (χ4v) is 2.27. The summed E-state index contributed by atoms with van der Waals surface area (Å²) in [7, 11) is 0. The molecule has 1 aliphatic carbocycles. The first-order chi connectivity index (χ1) is 9.52. The maximum absolute atomic E-state index is 11.7. The second-order valence-electron chi connectivity index (χ2n) is 6.06. The Bertz CT molecular complexity index is 314. The summed E-state index contributed by atoms with van der Waals surface area (Å²) in [6.45, 7) is 5.44. The van der Waals surface area contributed by atoms with Gasteiger partial charge in [-0.25, -0.2) is 0 Å². The minimum atomic E-state index is 0.0342. The highest BCUT2D eigenvalue weighted by Gasteiger charge is 2.22. The predicted molar refractivity (Wildman–Crippen MR) is 80.0 cm³/mol. The Kier molecular flexibility index (Phi) is 7.59. The van der Waals surface area contributed by atoms with Crippen molar-refractivity contribution in [1.82, 2.24) is 10.6 Å². The SMILES string of the molecule is CC(C)C(CCN)CCC(=O)NCCC(=O)NC1CC1. The molecule has 0 radical (unpaired) electrons. The van der Waals surface area contributed by atoms with Crippen molar-refractivity contribution >= 4 is 11.8 Å². The number of nitrogens with one attached hydrogen (secondary N) is 2. The fourth-order valence-electron chi connectivity index (χ4n) is 2.27. The van der Waals surface area contributed by atoms with Crippen molar-refractivity contribution < 1.29 is 9.59 Å². The normalized spacial score (nSPS) is 16.0. The molecule has 1 atom stereocenters. The molecule has 1 aliphatic rings. The zero-order valence-corrected chi connectivity index (χ0v) is 12.8. The molecule has 1 saturated carbocycles. The molecule has 0 aromatic carbocycles. The first kappa shape index (κ1) is 17.0. The smallest absolute Gasteiger partial charge is 0.221 e. The van der Waals surface area contributed by atoms with E-state index in [4.69, 9.17) is 5.73 Å². The molecule has 20 heavy (non-hydrogen) atoms. The van der Waals surface area contributed by atoms with Gasteiger partial charge in [0.25, 0.3) is 0 Å². The van der Waals surface area contributed by atoms with Gasteiger partial charge >= 0.3 is 0 Å². The van der Waals surface area contributed by atoms with Crippen LogP contribution in [0.25, 0.3) is 0 Å². The zero-order valence-electron chi connectivity index (χ0n) is 12.8. The molecule has 0 spiro atoms. The predicted octanol–water partition coefficient (Wildman–Crippen LogP) is 1.17. The molecule has 0 aromatic rings. The van der Waals surface area contributed by atoms with Crippen LogP contribution in [0, 0.1) is 11.8 Å². The zero-order chi connectivity index (χ0) is 15.0. The molecule has 2 amide bonds. The average Bonchev–Trinajstić information content (AvgIpc) is 3.17.